The molecular formula is C22H19N. The Balaban J connectivity index is 2.01. The minimum absolute atomic E-state index is 1.16. The van der Waals surface area contributed by atoms with Crippen LogP contribution in [-0.2, 0) is 0 Å². The van der Waals surface area contributed by atoms with Gasteiger partial charge in [0.15, 0.2) is 6.04 Å². The summed E-state index contributed by atoms with van der Waals surface area (Å²) in [5.74, 6) is 0. The second-order valence-corrected chi connectivity index (χ2v) is 6.20. The standard InChI is InChI=1S/C22H19N/c1-15-6-4-9-18(14-15)22-20-11-10-17-8-5-7-16(2)21(17)19(20)12-13-23(22)3/h4-14H,3H2,1-2H3. The van der Waals surface area contributed by atoms with Crippen LogP contribution in [0.3, 0.4) is 0 Å². The lowest BCUT2D eigenvalue weighted by Gasteiger charge is -2.26. The Morgan fingerprint density at radius 1 is 0.957 bits per heavy atom. The molecule has 0 saturated carbocycles. The van der Waals surface area contributed by atoms with Crippen molar-refractivity contribution in [3.05, 3.63) is 94.7 Å². The highest BCUT2D eigenvalue weighted by Crippen LogP contribution is 2.37. The average Bonchev–Trinajstić information content (AvgIpc) is 2.54. The van der Waals surface area contributed by atoms with Crippen LogP contribution in [0.2, 0.25) is 0 Å². The van der Waals surface area contributed by atoms with Crippen molar-refractivity contribution >= 4 is 23.6 Å². The van der Waals surface area contributed by atoms with E-state index in [1.54, 1.807) is 0 Å². The van der Waals surface area contributed by atoms with E-state index in [1.807, 2.05) is 4.58 Å². The van der Waals surface area contributed by atoms with E-state index >= 15 is 0 Å². The van der Waals surface area contributed by atoms with Crippen LogP contribution in [0.25, 0.3) is 16.8 Å². The Morgan fingerprint density at radius 2 is 1.78 bits per heavy atom. The van der Waals surface area contributed by atoms with Gasteiger partial charge in [-0.3, -0.25) is 0 Å². The van der Waals surface area contributed by atoms with Gasteiger partial charge in [-0.2, -0.15) is 0 Å². The zero-order valence-corrected chi connectivity index (χ0v) is 13.5. The molecule has 112 valence electrons. The van der Waals surface area contributed by atoms with E-state index in [4.69, 9.17) is 0 Å². The molecule has 0 radical (unpaired) electrons. The lowest BCUT2D eigenvalue weighted by molar-refractivity contribution is -0.418. The van der Waals surface area contributed by atoms with Gasteiger partial charge in [-0.15, -0.1) is 0 Å². The van der Waals surface area contributed by atoms with Gasteiger partial charge in [0, 0.05) is 0 Å². The Kier molecular flexibility index (Phi) is 3.09. The van der Waals surface area contributed by atoms with E-state index in [1.165, 1.54) is 38.6 Å². The van der Waals surface area contributed by atoms with Gasteiger partial charge in [-0.05, 0) is 52.9 Å². The fraction of sp³-hybridized carbons (Fsp3) is 0.0909. The van der Waals surface area contributed by atoms with Crippen molar-refractivity contribution < 1.29 is 4.58 Å². The third-order valence-corrected chi connectivity index (χ3v) is 4.55. The normalized spacial score (nSPS) is 13.5. The molecule has 0 unspecified atom stereocenters. The first-order valence-electron chi connectivity index (χ1n) is 7.90. The summed E-state index contributed by atoms with van der Waals surface area (Å²) in [4.78, 5) is 0. The second-order valence-electron chi connectivity index (χ2n) is 6.20. The second kappa shape index (κ2) is 5.13. The summed E-state index contributed by atoms with van der Waals surface area (Å²) >= 11 is 0. The highest BCUT2D eigenvalue weighted by molar-refractivity contribution is 5.95. The molecule has 0 saturated heterocycles. The molecule has 0 aromatic heterocycles. The molecule has 0 fully saturated rings. The maximum Gasteiger partial charge on any atom is 0.159 e. The molecule has 0 aliphatic carbocycles. The quantitative estimate of drug-likeness (QED) is 0.435. The molecule has 0 atom stereocenters. The van der Waals surface area contributed by atoms with E-state index in [0.717, 1.165) is 6.04 Å². The molecule has 1 nitrogen and oxygen atoms in total. The maximum absolute atomic E-state index is 4.20. The summed E-state index contributed by atoms with van der Waals surface area (Å²) in [7, 11) is 0. The zero-order valence-electron chi connectivity index (χ0n) is 13.5. The number of aryl methyl sites for hydroxylation is 2. The van der Waals surface area contributed by atoms with Crippen molar-refractivity contribution in [3.63, 3.8) is 0 Å². The molecule has 1 heteroatoms. The Morgan fingerprint density at radius 3 is 2.61 bits per heavy atom. The topological polar surface area (TPSA) is 3.01 Å². The van der Waals surface area contributed by atoms with Crippen molar-refractivity contribution in [2.75, 3.05) is 0 Å². The first-order chi connectivity index (χ1) is 11.1. The lowest BCUT2D eigenvalue weighted by Crippen LogP contribution is -2.19. The van der Waals surface area contributed by atoms with Crippen molar-refractivity contribution in [2.24, 2.45) is 0 Å². The molecule has 3 aromatic carbocycles. The maximum atomic E-state index is 4.20. The van der Waals surface area contributed by atoms with Crippen LogP contribution in [0.5, 0.6) is 0 Å². The highest BCUT2D eigenvalue weighted by Gasteiger charge is 2.25. The summed E-state index contributed by atoms with van der Waals surface area (Å²) in [5.41, 5.74) is 6.31. The molecule has 0 bridgehead atoms. The van der Waals surface area contributed by atoms with E-state index in [-0.39, 0.29) is 0 Å². The summed E-state index contributed by atoms with van der Waals surface area (Å²) in [6.45, 7) is 8.50. The lowest BCUT2D eigenvalue weighted by atomic mass is 9.87. The van der Waals surface area contributed by atoms with Crippen LogP contribution in [0.1, 0.15) is 27.8 Å². The monoisotopic (exact) mass is 297 g/mol. The van der Waals surface area contributed by atoms with Gasteiger partial charge < -0.3 is 0 Å². The summed E-state index contributed by atoms with van der Waals surface area (Å²) < 4.78 is 1.97. The fourth-order valence-corrected chi connectivity index (χ4v) is 3.48. The van der Waals surface area contributed by atoms with E-state index in [0.29, 0.717) is 0 Å². The van der Waals surface area contributed by atoms with Gasteiger partial charge in [0.1, 0.15) is 6.20 Å². The van der Waals surface area contributed by atoms with Crippen LogP contribution in [0.4, 0.5) is 0 Å². The van der Waals surface area contributed by atoms with Gasteiger partial charge in [-0.25, -0.2) is 4.58 Å². The average molecular weight is 297 g/mol. The van der Waals surface area contributed by atoms with Crippen molar-refractivity contribution in [3.8, 4) is 0 Å². The van der Waals surface area contributed by atoms with E-state index in [2.05, 4.69) is 87.4 Å². The number of fused-ring (bicyclic) bond motifs is 3. The fourth-order valence-electron chi connectivity index (χ4n) is 3.48. The molecule has 0 amide bonds. The number of benzene rings is 3. The van der Waals surface area contributed by atoms with Gasteiger partial charge in [0.25, 0.3) is 0 Å². The van der Waals surface area contributed by atoms with Crippen LogP contribution in [-0.4, -0.2) is 11.3 Å². The van der Waals surface area contributed by atoms with Gasteiger partial charge >= 0.3 is 0 Å². The zero-order chi connectivity index (χ0) is 16.0. The number of hydrogen-bond acceptors (Lipinski definition) is 0. The van der Waals surface area contributed by atoms with Crippen LogP contribution < -0.4 is 0 Å². The smallest absolute Gasteiger partial charge is 0.159 e. The van der Waals surface area contributed by atoms with Gasteiger partial charge in [0.05, 0.1) is 6.72 Å². The summed E-state index contributed by atoms with van der Waals surface area (Å²) in [6.07, 6.45) is 4.24. The highest BCUT2D eigenvalue weighted by atomic mass is 15.0. The minimum Gasteiger partial charge on any atom is -0.243 e. The van der Waals surface area contributed by atoms with Crippen molar-refractivity contribution in [1.82, 2.24) is 0 Å². The molecule has 1 heterocycles. The van der Waals surface area contributed by atoms with Gasteiger partial charge in [-0.1, -0.05) is 60.2 Å². The Labute approximate surface area is 137 Å². The SMILES string of the molecule is C=[N+]1C=Cc2c(ccc3cccc(C)c23)[C-]1c1cccc(C)c1. The van der Waals surface area contributed by atoms with Gasteiger partial charge in [0.2, 0.25) is 0 Å². The third-order valence-electron chi connectivity index (χ3n) is 4.55. The Bertz CT molecular complexity index is 963. The van der Waals surface area contributed by atoms with Crippen LogP contribution in [0, 0.1) is 19.9 Å². The third kappa shape index (κ3) is 2.17. The van der Waals surface area contributed by atoms with Crippen molar-refractivity contribution in [1.29, 1.82) is 0 Å². The van der Waals surface area contributed by atoms with E-state index < -0.39 is 0 Å². The first kappa shape index (κ1) is 13.8. The minimum atomic E-state index is 1.16. The molecule has 1 aliphatic heterocycles. The molecule has 0 spiro atoms. The molecule has 4 rings (SSSR count). The largest absolute Gasteiger partial charge is 0.243 e. The predicted octanol–water partition coefficient (Wildman–Crippen LogP) is 5.08. The molecular weight excluding hydrogens is 278 g/mol. The summed E-state index contributed by atoms with van der Waals surface area (Å²) in [5, 5.41) is 2.62. The Hall–Kier alpha value is -2.80. The first-order valence-corrected chi connectivity index (χ1v) is 7.90. The van der Waals surface area contributed by atoms with Crippen LogP contribution in [0.15, 0.2) is 60.8 Å². The molecule has 1 aliphatic rings. The molecule has 3 aromatic rings. The predicted molar refractivity (Wildman–Crippen MR) is 97.7 cm³/mol. The van der Waals surface area contributed by atoms with E-state index in [9.17, 15) is 0 Å². The van der Waals surface area contributed by atoms with Crippen molar-refractivity contribution in [2.45, 2.75) is 13.8 Å². The number of nitrogens with zero attached hydrogens (tertiary/aromatic N) is 1. The summed E-state index contributed by atoms with van der Waals surface area (Å²) in [6, 6.07) is 20.7. The molecule has 0 N–H and O–H groups in total. The number of rotatable bonds is 1. The number of hydrogen-bond donors (Lipinski definition) is 0. The molecule has 23 heavy (non-hydrogen) atoms. The van der Waals surface area contributed by atoms with Crippen LogP contribution >= 0.6 is 0 Å².